The zero-order valence-electron chi connectivity index (χ0n) is 10.9. The first-order valence-corrected chi connectivity index (χ1v) is 7.58. The molecule has 19 heavy (non-hydrogen) atoms. The molecule has 3 N–H and O–H groups in total. The molecule has 0 bridgehead atoms. The lowest BCUT2D eigenvalue weighted by Crippen LogP contribution is -2.28. The van der Waals surface area contributed by atoms with Crippen LogP contribution in [0.25, 0.3) is 0 Å². The number of carbonyl (C=O) groups is 1. The first-order valence-electron chi connectivity index (χ1n) is 6.09. The highest BCUT2D eigenvalue weighted by atomic mass is 32.2. The molecule has 1 aromatic carbocycles. The van der Waals surface area contributed by atoms with Crippen molar-refractivity contribution in [1.82, 2.24) is 5.32 Å². The molecule has 0 aliphatic rings. The molecule has 0 aliphatic heterocycles. The number of carbonyl (C=O) groups excluding carboxylic acids is 1. The SMILES string of the molecule is CCS(=O)CCNC(=O)c1cccc(C#CCN)c1. The Balaban J connectivity index is 2.59. The highest BCUT2D eigenvalue weighted by Gasteiger charge is 2.05. The minimum Gasteiger partial charge on any atom is -0.351 e. The molecule has 1 aromatic rings. The molecule has 0 heterocycles. The zero-order chi connectivity index (χ0) is 14.1. The Hall–Kier alpha value is -1.64. The molecule has 0 spiro atoms. The minimum absolute atomic E-state index is 0.176. The Morgan fingerprint density at radius 2 is 2.26 bits per heavy atom. The number of hydrogen-bond acceptors (Lipinski definition) is 3. The summed E-state index contributed by atoms with van der Waals surface area (Å²) >= 11 is 0. The van der Waals surface area contributed by atoms with Crippen LogP contribution in [0.3, 0.4) is 0 Å². The van der Waals surface area contributed by atoms with Gasteiger partial charge in [0.05, 0.1) is 6.54 Å². The second kappa shape index (κ2) is 8.46. The summed E-state index contributed by atoms with van der Waals surface area (Å²) in [5.41, 5.74) is 6.61. The Morgan fingerprint density at radius 3 is 2.95 bits per heavy atom. The van der Waals surface area contributed by atoms with Crippen LogP contribution in [0.5, 0.6) is 0 Å². The van der Waals surface area contributed by atoms with Crippen LogP contribution in [0.2, 0.25) is 0 Å². The average molecular weight is 278 g/mol. The summed E-state index contributed by atoms with van der Waals surface area (Å²) in [4.78, 5) is 11.9. The molecule has 4 nitrogen and oxygen atoms in total. The summed E-state index contributed by atoms with van der Waals surface area (Å²) in [5, 5.41) is 2.74. The summed E-state index contributed by atoms with van der Waals surface area (Å²) in [7, 11) is -0.859. The molecule has 0 radical (unpaired) electrons. The van der Waals surface area contributed by atoms with Gasteiger partial charge in [0.15, 0.2) is 0 Å². The van der Waals surface area contributed by atoms with Gasteiger partial charge in [0, 0.05) is 40.0 Å². The molecule has 5 heteroatoms. The Labute approximate surface area is 116 Å². The lowest BCUT2D eigenvalue weighted by molar-refractivity contribution is 0.0956. The summed E-state index contributed by atoms with van der Waals surface area (Å²) in [6, 6.07) is 7.04. The van der Waals surface area contributed by atoms with Gasteiger partial charge in [0.2, 0.25) is 0 Å². The van der Waals surface area contributed by atoms with Crippen LogP contribution in [0, 0.1) is 11.8 Å². The maximum absolute atomic E-state index is 11.9. The van der Waals surface area contributed by atoms with Gasteiger partial charge in [-0.05, 0) is 18.2 Å². The van der Waals surface area contributed by atoms with Gasteiger partial charge in [0.25, 0.3) is 5.91 Å². The molecule has 102 valence electrons. The van der Waals surface area contributed by atoms with E-state index in [-0.39, 0.29) is 5.91 Å². The van der Waals surface area contributed by atoms with Gasteiger partial charge in [0.1, 0.15) is 0 Å². The lowest BCUT2D eigenvalue weighted by atomic mass is 10.1. The van der Waals surface area contributed by atoms with E-state index < -0.39 is 10.8 Å². The Bertz CT molecular complexity index is 518. The quantitative estimate of drug-likeness (QED) is 0.770. The van der Waals surface area contributed by atoms with Crippen molar-refractivity contribution in [3.05, 3.63) is 35.4 Å². The van der Waals surface area contributed by atoms with Gasteiger partial charge in [-0.2, -0.15) is 0 Å². The molecule has 0 saturated carbocycles. The van der Waals surface area contributed by atoms with E-state index in [1.165, 1.54) is 0 Å². The first kappa shape index (κ1) is 15.4. The van der Waals surface area contributed by atoms with Crippen LogP contribution < -0.4 is 11.1 Å². The smallest absolute Gasteiger partial charge is 0.251 e. The summed E-state index contributed by atoms with van der Waals surface area (Å²) in [6.07, 6.45) is 0. The number of benzene rings is 1. The van der Waals surface area contributed by atoms with Gasteiger partial charge in [-0.3, -0.25) is 9.00 Å². The van der Waals surface area contributed by atoms with Crippen molar-refractivity contribution < 1.29 is 9.00 Å². The Morgan fingerprint density at radius 1 is 1.47 bits per heavy atom. The van der Waals surface area contributed by atoms with E-state index in [0.29, 0.717) is 30.2 Å². The van der Waals surface area contributed by atoms with Crippen LogP contribution in [0.15, 0.2) is 24.3 Å². The van der Waals surface area contributed by atoms with E-state index in [4.69, 9.17) is 5.73 Å². The van der Waals surface area contributed by atoms with Crippen molar-refractivity contribution in [1.29, 1.82) is 0 Å². The number of rotatable bonds is 5. The van der Waals surface area contributed by atoms with Crippen LogP contribution in [-0.4, -0.2) is 34.7 Å². The number of hydrogen-bond donors (Lipinski definition) is 2. The average Bonchev–Trinajstić information content (AvgIpc) is 2.45. The van der Waals surface area contributed by atoms with Crippen molar-refractivity contribution in [3.8, 4) is 11.8 Å². The predicted octanol–water partition coefficient (Wildman–Crippen LogP) is 0.495. The van der Waals surface area contributed by atoms with Gasteiger partial charge in [-0.1, -0.05) is 24.8 Å². The molecule has 0 aliphatic carbocycles. The number of amides is 1. The van der Waals surface area contributed by atoms with Crippen molar-refractivity contribution in [2.24, 2.45) is 5.73 Å². The zero-order valence-corrected chi connectivity index (χ0v) is 11.8. The van der Waals surface area contributed by atoms with Crippen LogP contribution in [-0.2, 0) is 10.8 Å². The molecule has 1 rings (SSSR count). The fraction of sp³-hybridized carbons (Fsp3) is 0.357. The van der Waals surface area contributed by atoms with E-state index >= 15 is 0 Å². The molecule has 1 atom stereocenters. The van der Waals surface area contributed by atoms with Crippen molar-refractivity contribution in [3.63, 3.8) is 0 Å². The van der Waals surface area contributed by atoms with Crippen molar-refractivity contribution >= 4 is 16.7 Å². The molecule has 0 fully saturated rings. The van der Waals surface area contributed by atoms with E-state index in [2.05, 4.69) is 17.2 Å². The van der Waals surface area contributed by atoms with Crippen molar-refractivity contribution in [2.75, 3.05) is 24.6 Å². The largest absolute Gasteiger partial charge is 0.351 e. The van der Waals surface area contributed by atoms with Crippen LogP contribution in [0.4, 0.5) is 0 Å². The number of nitrogens with two attached hydrogens (primary N) is 1. The van der Waals surface area contributed by atoms with Crippen molar-refractivity contribution in [2.45, 2.75) is 6.92 Å². The normalized spacial score (nSPS) is 11.3. The summed E-state index contributed by atoms with van der Waals surface area (Å²) in [5.74, 6) is 6.54. The second-order valence-electron chi connectivity index (χ2n) is 3.78. The fourth-order valence-electron chi connectivity index (χ4n) is 1.42. The first-order chi connectivity index (χ1) is 9.17. The van der Waals surface area contributed by atoms with Gasteiger partial charge in [-0.15, -0.1) is 0 Å². The number of nitrogens with one attached hydrogen (secondary N) is 1. The van der Waals surface area contributed by atoms with E-state index in [1.807, 2.05) is 13.0 Å². The predicted molar refractivity (Wildman–Crippen MR) is 78.3 cm³/mol. The highest BCUT2D eigenvalue weighted by Crippen LogP contribution is 2.03. The molecule has 0 saturated heterocycles. The van der Waals surface area contributed by atoms with Gasteiger partial charge < -0.3 is 11.1 Å². The molecule has 1 unspecified atom stereocenters. The molecular formula is C14H18N2O2S. The topological polar surface area (TPSA) is 72.2 Å². The van der Waals surface area contributed by atoms with Gasteiger partial charge >= 0.3 is 0 Å². The van der Waals surface area contributed by atoms with Gasteiger partial charge in [-0.25, -0.2) is 0 Å². The monoisotopic (exact) mass is 278 g/mol. The van der Waals surface area contributed by atoms with E-state index in [9.17, 15) is 9.00 Å². The third kappa shape index (κ3) is 5.69. The Kier molecular flexibility index (Phi) is 6.86. The molecular weight excluding hydrogens is 260 g/mol. The summed E-state index contributed by atoms with van der Waals surface area (Å²) in [6.45, 7) is 2.56. The van der Waals surface area contributed by atoms with E-state index in [0.717, 1.165) is 5.56 Å². The minimum atomic E-state index is -0.859. The fourth-order valence-corrected chi connectivity index (χ4v) is 2.03. The lowest BCUT2D eigenvalue weighted by Gasteiger charge is -2.05. The van der Waals surface area contributed by atoms with Crippen LogP contribution in [0.1, 0.15) is 22.8 Å². The standard InChI is InChI=1S/C14H18N2O2S/c1-2-19(18)10-9-16-14(17)13-7-3-5-12(11-13)6-4-8-15/h3,5,7,11H,2,8-10,15H2,1H3,(H,16,17). The summed E-state index contributed by atoms with van der Waals surface area (Å²) < 4.78 is 11.2. The molecule has 0 aromatic heterocycles. The third-order valence-electron chi connectivity index (χ3n) is 2.40. The maximum Gasteiger partial charge on any atom is 0.251 e. The molecule has 1 amide bonds. The third-order valence-corrected chi connectivity index (χ3v) is 3.70. The van der Waals surface area contributed by atoms with E-state index in [1.54, 1.807) is 18.2 Å². The second-order valence-corrected chi connectivity index (χ2v) is 5.64. The highest BCUT2D eigenvalue weighted by molar-refractivity contribution is 7.84. The van der Waals surface area contributed by atoms with Crippen LogP contribution >= 0.6 is 0 Å². The maximum atomic E-state index is 11.9.